The molecular weight excluding hydrogens is 316 g/mol. The quantitative estimate of drug-likeness (QED) is 0.935. The predicted octanol–water partition coefficient (Wildman–Crippen LogP) is 2.15. The zero-order valence-corrected chi connectivity index (χ0v) is 13.2. The zero-order chi connectivity index (χ0) is 16.4. The molecule has 1 N–H and O–H groups in total. The van der Waals surface area contributed by atoms with Gasteiger partial charge in [-0.3, -0.25) is 14.6 Å². The van der Waals surface area contributed by atoms with Crippen molar-refractivity contribution in [3.63, 3.8) is 0 Å². The fourth-order valence-electron chi connectivity index (χ4n) is 2.36. The molecule has 1 saturated heterocycles. The maximum Gasteiger partial charge on any atom is 0.274 e. The Morgan fingerprint density at radius 3 is 2.78 bits per heavy atom. The van der Waals surface area contributed by atoms with Gasteiger partial charge in [-0.1, -0.05) is 17.7 Å². The largest absolute Gasteiger partial charge is 0.336 e. The average Bonchev–Trinajstić information content (AvgIpc) is 2.51. The van der Waals surface area contributed by atoms with Crippen molar-refractivity contribution in [1.29, 1.82) is 0 Å². The summed E-state index contributed by atoms with van der Waals surface area (Å²) in [5, 5.41) is 3.47. The van der Waals surface area contributed by atoms with E-state index in [0.717, 1.165) is 5.56 Å². The van der Waals surface area contributed by atoms with Crippen LogP contribution >= 0.6 is 11.6 Å². The summed E-state index contributed by atoms with van der Waals surface area (Å²) in [5.74, 6) is -0.548. The maximum atomic E-state index is 12.2. The molecule has 118 valence electrons. The second kappa shape index (κ2) is 6.34. The molecule has 1 fully saturated rings. The molecule has 0 saturated carbocycles. The minimum atomic E-state index is -0.228. The highest BCUT2D eigenvalue weighted by molar-refractivity contribution is 6.31. The second-order valence-corrected chi connectivity index (χ2v) is 5.81. The summed E-state index contributed by atoms with van der Waals surface area (Å²) >= 11 is 6.04. The number of carbonyl (C=O) groups is 2. The van der Waals surface area contributed by atoms with Crippen LogP contribution in [-0.2, 0) is 4.79 Å². The van der Waals surface area contributed by atoms with Crippen LogP contribution in [0.15, 0.2) is 36.8 Å². The Kier molecular flexibility index (Phi) is 4.25. The molecule has 2 amide bonds. The minimum absolute atomic E-state index is 0.112. The van der Waals surface area contributed by atoms with E-state index in [1.54, 1.807) is 23.1 Å². The standard InChI is InChI=1S/C16H15ClN4O2/c1-10-12(17)3-2-4-13(10)20-15(22)11-8-21(9-11)16(23)14-7-18-5-6-19-14/h2-7,11H,8-9H2,1H3,(H,20,22). The van der Waals surface area contributed by atoms with Crippen molar-refractivity contribution in [1.82, 2.24) is 14.9 Å². The highest BCUT2D eigenvalue weighted by Crippen LogP contribution is 2.25. The number of hydrogen-bond acceptors (Lipinski definition) is 4. The molecule has 3 rings (SSSR count). The van der Waals surface area contributed by atoms with Gasteiger partial charge in [0.05, 0.1) is 12.1 Å². The molecule has 0 radical (unpaired) electrons. The molecule has 1 aromatic carbocycles. The maximum absolute atomic E-state index is 12.2. The average molecular weight is 331 g/mol. The van der Waals surface area contributed by atoms with Crippen LogP contribution < -0.4 is 5.32 Å². The fourth-order valence-corrected chi connectivity index (χ4v) is 2.53. The Bertz CT molecular complexity index is 745. The van der Waals surface area contributed by atoms with Crippen LogP contribution in [0, 0.1) is 12.8 Å². The first-order chi connectivity index (χ1) is 11.1. The van der Waals surface area contributed by atoms with Crippen LogP contribution in [0.2, 0.25) is 5.02 Å². The van der Waals surface area contributed by atoms with Crippen LogP contribution in [0.1, 0.15) is 16.1 Å². The molecule has 2 heterocycles. The lowest BCUT2D eigenvalue weighted by atomic mass is 9.98. The lowest BCUT2D eigenvalue weighted by Gasteiger charge is -2.37. The monoisotopic (exact) mass is 330 g/mol. The summed E-state index contributed by atoms with van der Waals surface area (Å²) in [6, 6.07) is 5.37. The molecule has 1 aromatic heterocycles. The van der Waals surface area contributed by atoms with Crippen molar-refractivity contribution >= 4 is 29.1 Å². The first-order valence-electron chi connectivity index (χ1n) is 7.17. The number of nitrogens with one attached hydrogen (secondary N) is 1. The summed E-state index contributed by atoms with van der Waals surface area (Å²) in [6.07, 6.45) is 4.40. The van der Waals surface area contributed by atoms with Crippen molar-refractivity contribution < 1.29 is 9.59 Å². The number of nitrogens with zero attached hydrogens (tertiary/aromatic N) is 3. The predicted molar refractivity (Wildman–Crippen MR) is 86.2 cm³/mol. The summed E-state index contributed by atoms with van der Waals surface area (Å²) in [7, 11) is 0. The van der Waals surface area contributed by atoms with Crippen LogP contribution in [0.5, 0.6) is 0 Å². The molecule has 0 unspecified atom stereocenters. The van der Waals surface area contributed by atoms with Crippen molar-refractivity contribution in [2.24, 2.45) is 5.92 Å². The summed E-state index contributed by atoms with van der Waals surface area (Å²) < 4.78 is 0. The van der Waals surface area contributed by atoms with Gasteiger partial charge in [0.1, 0.15) is 5.69 Å². The molecule has 23 heavy (non-hydrogen) atoms. The Balaban J connectivity index is 1.58. The van der Waals surface area contributed by atoms with Crippen LogP contribution in [0.25, 0.3) is 0 Å². The first kappa shape index (κ1) is 15.4. The highest BCUT2D eigenvalue weighted by atomic mass is 35.5. The van der Waals surface area contributed by atoms with E-state index >= 15 is 0 Å². The number of likely N-dealkylation sites (tertiary alicyclic amines) is 1. The Labute approximate surface area is 138 Å². The molecule has 0 spiro atoms. The minimum Gasteiger partial charge on any atom is -0.336 e. The summed E-state index contributed by atoms with van der Waals surface area (Å²) in [4.78, 5) is 33.8. The van der Waals surface area contributed by atoms with Gasteiger partial charge in [0.2, 0.25) is 5.91 Å². The lowest BCUT2D eigenvalue weighted by molar-refractivity contribution is -0.123. The smallest absolute Gasteiger partial charge is 0.274 e. The number of hydrogen-bond donors (Lipinski definition) is 1. The molecule has 2 aromatic rings. The van der Waals surface area contributed by atoms with E-state index in [1.807, 2.05) is 6.92 Å². The van der Waals surface area contributed by atoms with Crippen LogP contribution in [0.3, 0.4) is 0 Å². The topological polar surface area (TPSA) is 75.2 Å². The third-order valence-electron chi connectivity index (χ3n) is 3.85. The zero-order valence-electron chi connectivity index (χ0n) is 12.5. The lowest BCUT2D eigenvalue weighted by Crippen LogP contribution is -2.54. The van der Waals surface area contributed by atoms with Gasteiger partial charge in [0.15, 0.2) is 0 Å². The van der Waals surface area contributed by atoms with Crippen LogP contribution in [0.4, 0.5) is 5.69 Å². The number of aromatic nitrogens is 2. The number of halogens is 1. The number of anilines is 1. The Morgan fingerprint density at radius 2 is 2.09 bits per heavy atom. The van der Waals surface area contributed by atoms with Gasteiger partial charge in [-0.25, -0.2) is 4.98 Å². The van der Waals surface area contributed by atoms with Gasteiger partial charge >= 0.3 is 0 Å². The van der Waals surface area contributed by atoms with Gasteiger partial charge in [-0.2, -0.15) is 0 Å². The Morgan fingerprint density at radius 1 is 1.30 bits per heavy atom. The van der Waals surface area contributed by atoms with E-state index < -0.39 is 0 Å². The van der Waals surface area contributed by atoms with Gasteiger partial charge in [-0.05, 0) is 24.6 Å². The highest BCUT2D eigenvalue weighted by Gasteiger charge is 2.36. The van der Waals surface area contributed by atoms with Crippen molar-refractivity contribution in [2.45, 2.75) is 6.92 Å². The van der Waals surface area contributed by atoms with E-state index in [0.29, 0.717) is 23.8 Å². The van der Waals surface area contributed by atoms with E-state index in [-0.39, 0.29) is 23.4 Å². The summed E-state index contributed by atoms with van der Waals surface area (Å²) in [6.45, 7) is 2.60. The number of rotatable bonds is 3. The van der Waals surface area contributed by atoms with Gasteiger partial charge < -0.3 is 10.2 Å². The van der Waals surface area contributed by atoms with Crippen molar-refractivity contribution in [2.75, 3.05) is 18.4 Å². The molecular formula is C16H15ClN4O2. The SMILES string of the molecule is Cc1c(Cl)cccc1NC(=O)C1CN(C(=O)c2cnccn2)C1. The van der Waals surface area contributed by atoms with Crippen molar-refractivity contribution in [3.05, 3.63) is 53.1 Å². The number of amides is 2. The van der Waals surface area contributed by atoms with Gasteiger partial charge in [0.25, 0.3) is 5.91 Å². The van der Waals surface area contributed by atoms with Gasteiger partial charge in [0, 0.05) is 36.2 Å². The molecule has 0 aliphatic carbocycles. The first-order valence-corrected chi connectivity index (χ1v) is 7.55. The second-order valence-electron chi connectivity index (χ2n) is 5.40. The number of benzene rings is 1. The van der Waals surface area contributed by atoms with E-state index in [1.165, 1.54) is 18.6 Å². The van der Waals surface area contributed by atoms with Crippen LogP contribution in [-0.4, -0.2) is 39.8 Å². The molecule has 1 aliphatic rings. The third-order valence-corrected chi connectivity index (χ3v) is 4.26. The molecule has 0 atom stereocenters. The van der Waals surface area contributed by atoms with Crippen molar-refractivity contribution in [3.8, 4) is 0 Å². The fraction of sp³-hybridized carbons (Fsp3) is 0.250. The normalized spacial score (nSPS) is 14.3. The molecule has 0 bridgehead atoms. The van der Waals surface area contributed by atoms with E-state index in [2.05, 4.69) is 15.3 Å². The third kappa shape index (κ3) is 3.17. The van der Waals surface area contributed by atoms with Gasteiger partial charge in [-0.15, -0.1) is 0 Å². The summed E-state index contributed by atoms with van der Waals surface area (Å²) in [5.41, 5.74) is 1.81. The number of carbonyl (C=O) groups excluding carboxylic acids is 2. The molecule has 7 heteroatoms. The van der Waals surface area contributed by atoms with E-state index in [4.69, 9.17) is 11.6 Å². The Hall–Kier alpha value is -2.47. The molecule has 6 nitrogen and oxygen atoms in total. The molecule has 1 aliphatic heterocycles. The van der Waals surface area contributed by atoms with E-state index in [9.17, 15) is 9.59 Å².